The fraction of sp³-hybridized carbons (Fsp3) is 0.545. The van der Waals surface area contributed by atoms with Gasteiger partial charge < -0.3 is 5.11 Å². The van der Waals surface area contributed by atoms with Crippen molar-refractivity contribution in [2.24, 2.45) is 0 Å². The second-order valence-electron chi connectivity index (χ2n) is 3.64. The van der Waals surface area contributed by atoms with Crippen LogP contribution >= 0.6 is 0 Å². The largest absolute Gasteiger partial charge is 0.506 e. The molecule has 2 heteroatoms. The summed E-state index contributed by atoms with van der Waals surface area (Å²) < 4.78 is 0. The highest BCUT2D eigenvalue weighted by Gasteiger charge is 2.13. The summed E-state index contributed by atoms with van der Waals surface area (Å²) in [5.41, 5.74) is 2.93. The van der Waals surface area contributed by atoms with Gasteiger partial charge in [0.05, 0.1) is 5.69 Å². The van der Waals surface area contributed by atoms with Crippen LogP contribution in [0.3, 0.4) is 0 Å². The number of nitrogens with zero attached hydrogens (tertiary/aromatic N) is 1. The molecule has 0 amide bonds. The summed E-state index contributed by atoms with van der Waals surface area (Å²) in [6.45, 7) is 8.10. The van der Waals surface area contributed by atoms with Gasteiger partial charge in [0.2, 0.25) is 0 Å². The maximum Gasteiger partial charge on any atom is 0.140 e. The molecule has 2 nitrogen and oxygen atoms in total. The third kappa shape index (κ3) is 1.82. The number of hydrogen-bond acceptors (Lipinski definition) is 2. The summed E-state index contributed by atoms with van der Waals surface area (Å²) >= 11 is 0. The Balaban J connectivity index is 3.32. The van der Waals surface area contributed by atoms with E-state index in [2.05, 4.69) is 25.8 Å². The van der Waals surface area contributed by atoms with E-state index in [1.54, 1.807) is 0 Å². The molecular weight excluding hydrogens is 162 g/mol. The fourth-order valence-electron chi connectivity index (χ4n) is 1.58. The summed E-state index contributed by atoms with van der Waals surface area (Å²) in [5, 5.41) is 9.82. The average Bonchev–Trinajstić information content (AvgIpc) is 2.08. The normalized spacial score (nSPS) is 10.8. The molecule has 0 radical (unpaired) electrons. The molecule has 1 rings (SSSR count). The van der Waals surface area contributed by atoms with Crippen molar-refractivity contribution >= 4 is 0 Å². The van der Waals surface area contributed by atoms with E-state index in [4.69, 9.17) is 0 Å². The number of hydrogen-bond donors (Lipinski definition) is 1. The molecule has 0 unspecified atom stereocenters. The predicted octanol–water partition coefficient (Wildman–Crippen LogP) is 2.78. The second-order valence-corrected chi connectivity index (χ2v) is 3.64. The van der Waals surface area contributed by atoms with Crippen LogP contribution in [0.1, 0.15) is 43.5 Å². The standard InChI is InChI=1S/C11H17NO/c1-5-9-6-12-8(4)11(13)10(9)7(2)3/h6-7,13H,5H2,1-4H3. The van der Waals surface area contributed by atoms with Crippen LogP contribution in [0.2, 0.25) is 0 Å². The maximum absolute atomic E-state index is 9.82. The highest BCUT2D eigenvalue weighted by atomic mass is 16.3. The van der Waals surface area contributed by atoms with Crippen molar-refractivity contribution in [1.82, 2.24) is 4.98 Å². The van der Waals surface area contributed by atoms with E-state index in [1.165, 1.54) is 0 Å². The fourth-order valence-corrected chi connectivity index (χ4v) is 1.58. The zero-order valence-electron chi connectivity index (χ0n) is 8.76. The Hall–Kier alpha value is -1.05. The van der Waals surface area contributed by atoms with E-state index in [1.807, 2.05) is 13.1 Å². The summed E-state index contributed by atoms with van der Waals surface area (Å²) in [7, 11) is 0. The van der Waals surface area contributed by atoms with Crippen molar-refractivity contribution in [1.29, 1.82) is 0 Å². The first-order valence-electron chi connectivity index (χ1n) is 4.75. The molecular formula is C11H17NO. The Bertz CT molecular complexity index is 305. The smallest absolute Gasteiger partial charge is 0.140 e. The lowest BCUT2D eigenvalue weighted by atomic mass is 9.95. The maximum atomic E-state index is 9.82. The third-order valence-electron chi connectivity index (χ3n) is 2.32. The van der Waals surface area contributed by atoms with Gasteiger partial charge in [-0.05, 0) is 24.8 Å². The highest BCUT2D eigenvalue weighted by molar-refractivity contribution is 5.42. The van der Waals surface area contributed by atoms with Crippen LogP contribution in [0.4, 0.5) is 0 Å². The summed E-state index contributed by atoms with van der Waals surface area (Å²) in [6.07, 6.45) is 2.79. The lowest BCUT2D eigenvalue weighted by Crippen LogP contribution is -1.99. The molecule has 1 N–H and O–H groups in total. The molecule has 0 fully saturated rings. The molecule has 0 aliphatic carbocycles. The molecule has 0 bridgehead atoms. The minimum atomic E-state index is 0.358. The molecule has 1 aromatic heterocycles. The van der Waals surface area contributed by atoms with Gasteiger partial charge in [-0.2, -0.15) is 0 Å². The minimum absolute atomic E-state index is 0.358. The molecule has 72 valence electrons. The van der Waals surface area contributed by atoms with Crippen LogP contribution in [-0.4, -0.2) is 10.1 Å². The van der Waals surface area contributed by atoms with Gasteiger partial charge in [0.25, 0.3) is 0 Å². The first kappa shape index (κ1) is 10.0. The van der Waals surface area contributed by atoms with Crippen LogP contribution in [-0.2, 0) is 6.42 Å². The lowest BCUT2D eigenvalue weighted by Gasteiger charge is -2.14. The molecule has 13 heavy (non-hydrogen) atoms. The number of rotatable bonds is 2. The molecule has 0 aromatic carbocycles. The molecule has 0 saturated heterocycles. The van der Waals surface area contributed by atoms with E-state index in [-0.39, 0.29) is 0 Å². The first-order valence-corrected chi connectivity index (χ1v) is 4.75. The van der Waals surface area contributed by atoms with Gasteiger partial charge in [-0.15, -0.1) is 0 Å². The third-order valence-corrected chi connectivity index (χ3v) is 2.32. The molecule has 0 saturated carbocycles. The van der Waals surface area contributed by atoms with Crippen LogP contribution in [0.15, 0.2) is 6.20 Å². The van der Waals surface area contributed by atoms with Crippen LogP contribution in [0, 0.1) is 6.92 Å². The van der Waals surface area contributed by atoms with E-state index in [0.717, 1.165) is 23.2 Å². The first-order chi connectivity index (χ1) is 6.07. The van der Waals surface area contributed by atoms with Gasteiger partial charge in [0.1, 0.15) is 5.75 Å². The Labute approximate surface area is 79.6 Å². The van der Waals surface area contributed by atoms with E-state index < -0.39 is 0 Å². The number of pyridine rings is 1. The van der Waals surface area contributed by atoms with Gasteiger partial charge in [-0.25, -0.2) is 0 Å². The van der Waals surface area contributed by atoms with Crippen molar-refractivity contribution < 1.29 is 5.11 Å². The monoisotopic (exact) mass is 179 g/mol. The summed E-state index contributed by atoms with van der Waals surface area (Å²) in [4.78, 5) is 4.14. The van der Waals surface area contributed by atoms with Gasteiger partial charge in [-0.1, -0.05) is 20.8 Å². The van der Waals surface area contributed by atoms with E-state index in [9.17, 15) is 5.11 Å². The quantitative estimate of drug-likeness (QED) is 0.757. The number of aromatic hydroxyl groups is 1. The van der Waals surface area contributed by atoms with E-state index >= 15 is 0 Å². The zero-order chi connectivity index (χ0) is 10.0. The molecule has 0 aliphatic heterocycles. The average molecular weight is 179 g/mol. The highest BCUT2D eigenvalue weighted by Crippen LogP contribution is 2.30. The molecule has 1 heterocycles. The molecule has 0 aliphatic rings. The minimum Gasteiger partial charge on any atom is -0.506 e. The molecule has 0 atom stereocenters. The van der Waals surface area contributed by atoms with Crippen LogP contribution < -0.4 is 0 Å². The Morgan fingerprint density at radius 2 is 2.08 bits per heavy atom. The van der Waals surface area contributed by atoms with Crippen molar-refractivity contribution in [2.45, 2.75) is 40.0 Å². The molecule has 1 aromatic rings. The SMILES string of the molecule is CCc1cnc(C)c(O)c1C(C)C. The Kier molecular flexibility index (Phi) is 2.91. The Morgan fingerprint density at radius 3 is 2.54 bits per heavy atom. The number of aromatic nitrogens is 1. The second kappa shape index (κ2) is 3.77. The van der Waals surface area contributed by atoms with Crippen molar-refractivity contribution in [2.75, 3.05) is 0 Å². The van der Waals surface area contributed by atoms with Gasteiger partial charge >= 0.3 is 0 Å². The molecule has 0 spiro atoms. The van der Waals surface area contributed by atoms with Gasteiger partial charge in [0, 0.05) is 11.8 Å². The van der Waals surface area contributed by atoms with Crippen molar-refractivity contribution in [3.8, 4) is 5.75 Å². The zero-order valence-corrected chi connectivity index (χ0v) is 8.76. The predicted molar refractivity (Wildman–Crippen MR) is 54.1 cm³/mol. The Morgan fingerprint density at radius 1 is 1.46 bits per heavy atom. The van der Waals surface area contributed by atoms with Gasteiger partial charge in [-0.3, -0.25) is 4.98 Å². The lowest BCUT2D eigenvalue weighted by molar-refractivity contribution is 0.455. The summed E-state index contributed by atoms with van der Waals surface area (Å²) in [6, 6.07) is 0. The van der Waals surface area contributed by atoms with Crippen molar-refractivity contribution in [3.05, 3.63) is 23.0 Å². The number of aryl methyl sites for hydroxylation is 2. The van der Waals surface area contributed by atoms with Gasteiger partial charge in [0.15, 0.2) is 0 Å². The van der Waals surface area contributed by atoms with Crippen molar-refractivity contribution in [3.63, 3.8) is 0 Å². The van der Waals surface area contributed by atoms with Crippen LogP contribution in [0.5, 0.6) is 5.75 Å². The summed E-state index contributed by atoms with van der Waals surface area (Å²) in [5.74, 6) is 0.728. The van der Waals surface area contributed by atoms with Crippen LogP contribution in [0.25, 0.3) is 0 Å². The topological polar surface area (TPSA) is 33.1 Å². The van der Waals surface area contributed by atoms with E-state index in [0.29, 0.717) is 11.7 Å².